The molecule has 4 aromatic carbocycles. The van der Waals surface area contributed by atoms with Gasteiger partial charge in [-0.3, -0.25) is 4.99 Å². The van der Waals surface area contributed by atoms with E-state index in [1.807, 2.05) is 18.3 Å². The van der Waals surface area contributed by atoms with Crippen molar-refractivity contribution < 1.29 is 0 Å². The first-order valence-electron chi connectivity index (χ1n) is 10.9. The first-order chi connectivity index (χ1) is 15.7. The minimum atomic E-state index is 0.118. The summed E-state index contributed by atoms with van der Waals surface area (Å²) < 4.78 is 0. The highest BCUT2D eigenvalue weighted by Crippen LogP contribution is 2.28. The molecule has 0 amide bonds. The molecule has 0 aliphatic rings. The van der Waals surface area contributed by atoms with Gasteiger partial charge < -0.3 is 4.90 Å². The van der Waals surface area contributed by atoms with Crippen molar-refractivity contribution in [2.45, 2.75) is 5.92 Å². The summed E-state index contributed by atoms with van der Waals surface area (Å²) in [7, 11) is 4.14. The number of hydrogen-bond donors (Lipinski definition) is 0. The second-order valence-electron chi connectivity index (χ2n) is 7.93. The SMILES string of the molecule is CN(C)c1cccc(C(/C=C/N=C(c2ccccc2)c2ccccc2)c2ccccc2)c1. The molecular formula is C30H28N2. The van der Waals surface area contributed by atoms with Gasteiger partial charge in [0.1, 0.15) is 0 Å². The molecular weight excluding hydrogens is 388 g/mol. The molecule has 0 aliphatic heterocycles. The molecule has 0 aliphatic carbocycles. The van der Waals surface area contributed by atoms with Crippen LogP contribution in [-0.2, 0) is 0 Å². The van der Waals surface area contributed by atoms with Crippen LogP contribution in [0.5, 0.6) is 0 Å². The first kappa shape index (κ1) is 21.3. The third-order valence-corrected chi connectivity index (χ3v) is 5.48. The third kappa shape index (κ3) is 5.22. The molecule has 4 aromatic rings. The van der Waals surface area contributed by atoms with Crippen LogP contribution < -0.4 is 4.90 Å². The Balaban J connectivity index is 1.75. The predicted octanol–water partition coefficient (Wildman–Crippen LogP) is 6.94. The summed E-state index contributed by atoms with van der Waals surface area (Å²) >= 11 is 0. The second kappa shape index (κ2) is 10.4. The normalized spacial score (nSPS) is 11.8. The van der Waals surface area contributed by atoms with E-state index in [-0.39, 0.29) is 5.92 Å². The van der Waals surface area contributed by atoms with Crippen LogP contribution in [0.1, 0.15) is 28.2 Å². The standard InChI is InChI=1S/C30H28N2/c1-32(2)28-20-12-19-27(23-28)29(24-13-6-3-7-14-24)21-22-31-30(25-15-8-4-9-16-25)26-17-10-5-11-18-26/h3-23,29H,1-2H3/b22-21+. The molecule has 0 aromatic heterocycles. The van der Waals surface area contributed by atoms with Gasteiger partial charge in [0.05, 0.1) is 5.71 Å². The van der Waals surface area contributed by atoms with Crippen molar-refractivity contribution in [3.05, 3.63) is 150 Å². The monoisotopic (exact) mass is 416 g/mol. The highest BCUT2D eigenvalue weighted by Gasteiger charge is 2.12. The molecule has 0 radical (unpaired) electrons. The zero-order valence-electron chi connectivity index (χ0n) is 18.6. The summed E-state index contributed by atoms with van der Waals surface area (Å²) in [5, 5.41) is 0. The topological polar surface area (TPSA) is 15.6 Å². The molecule has 1 unspecified atom stereocenters. The van der Waals surface area contributed by atoms with Crippen molar-refractivity contribution in [1.29, 1.82) is 0 Å². The second-order valence-corrected chi connectivity index (χ2v) is 7.93. The third-order valence-electron chi connectivity index (χ3n) is 5.48. The lowest BCUT2D eigenvalue weighted by molar-refractivity contribution is 1.01. The molecule has 2 heteroatoms. The lowest BCUT2D eigenvalue weighted by atomic mass is 9.91. The van der Waals surface area contributed by atoms with Crippen LogP contribution in [0.2, 0.25) is 0 Å². The maximum Gasteiger partial charge on any atom is 0.0774 e. The molecule has 0 saturated heterocycles. The van der Waals surface area contributed by atoms with E-state index >= 15 is 0 Å². The van der Waals surface area contributed by atoms with Gasteiger partial charge in [0.15, 0.2) is 0 Å². The quantitative estimate of drug-likeness (QED) is 0.298. The summed E-state index contributed by atoms with van der Waals surface area (Å²) in [4.78, 5) is 7.07. The number of hydrogen-bond acceptors (Lipinski definition) is 2. The van der Waals surface area contributed by atoms with Gasteiger partial charge in [-0.05, 0) is 23.3 Å². The summed E-state index contributed by atoms with van der Waals surface area (Å²) in [6.45, 7) is 0. The van der Waals surface area contributed by atoms with E-state index in [0.717, 1.165) is 16.8 Å². The van der Waals surface area contributed by atoms with Crippen molar-refractivity contribution >= 4 is 11.4 Å². The summed E-state index contributed by atoms with van der Waals surface area (Å²) in [5.41, 5.74) is 6.86. The number of allylic oxidation sites excluding steroid dienone is 1. The minimum Gasteiger partial charge on any atom is -0.378 e. The van der Waals surface area contributed by atoms with Crippen LogP contribution >= 0.6 is 0 Å². The molecule has 0 N–H and O–H groups in total. The van der Waals surface area contributed by atoms with E-state index < -0.39 is 0 Å². The number of rotatable bonds is 7. The van der Waals surface area contributed by atoms with Crippen LogP contribution in [-0.4, -0.2) is 19.8 Å². The van der Waals surface area contributed by atoms with E-state index in [0.29, 0.717) is 0 Å². The Labute approximate surface area is 191 Å². The van der Waals surface area contributed by atoms with Crippen LogP contribution in [0.4, 0.5) is 5.69 Å². The molecule has 32 heavy (non-hydrogen) atoms. The molecule has 1 atom stereocenters. The number of nitrogens with zero attached hydrogens (tertiary/aromatic N) is 2. The van der Waals surface area contributed by atoms with Gasteiger partial charge in [0.25, 0.3) is 0 Å². The number of aliphatic imine (C=N–C) groups is 1. The van der Waals surface area contributed by atoms with Gasteiger partial charge in [0.2, 0.25) is 0 Å². The van der Waals surface area contributed by atoms with Crippen LogP contribution in [0, 0.1) is 0 Å². The van der Waals surface area contributed by atoms with Crippen molar-refractivity contribution in [1.82, 2.24) is 0 Å². The zero-order chi connectivity index (χ0) is 22.2. The Morgan fingerprint density at radius 1 is 0.656 bits per heavy atom. The van der Waals surface area contributed by atoms with Gasteiger partial charge in [0, 0.05) is 43.0 Å². The maximum atomic E-state index is 4.94. The van der Waals surface area contributed by atoms with Crippen molar-refractivity contribution in [3.63, 3.8) is 0 Å². The lowest BCUT2D eigenvalue weighted by Crippen LogP contribution is -2.09. The zero-order valence-corrected chi connectivity index (χ0v) is 18.6. The molecule has 4 rings (SSSR count). The van der Waals surface area contributed by atoms with E-state index in [4.69, 9.17) is 4.99 Å². The largest absolute Gasteiger partial charge is 0.378 e. The van der Waals surface area contributed by atoms with E-state index in [1.54, 1.807) is 0 Å². The average molecular weight is 417 g/mol. The van der Waals surface area contributed by atoms with Crippen molar-refractivity contribution in [3.8, 4) is 0 Å². The molecule has 0 bridgehead atoms. The van der Waals surface area contributed by atoms with E-state index in [2.05, 4.69) is 128 Å². The first-order valence-corrected chi connectivity index (χ1v) is 10.9. The fourth-order valence-electron chi connectivity index (χ4n) is 3.78. The van der Waals surface area contributed by atoms with Crippen molar-refractivity contribution in [2.24, 2.45) is 4.99 Å². The van der Waals surface area contributed by atoms with Gasteiger partial charge in [-0.1, -0.05) is 109 Å². The number of anilines is 1. The summed E-state index contributed by atoms with van der Waals surface area (Å²) in [5.74, 6) is 0.118. The Bertz CT molecular complexity index is 1140. The maximum absolute atomic E-state index is 4.94. The Hall–Kier alpha value is -3.91. The smallest absolute Gasteiger partial charge is 0.0774 e. The molecule has 0 heterocycles. The van der Waals surface area contributed by atoms with Crippen molar-refractivity contribution in [2.75, 3.05) is 19.0 Å². The molecule has 0 spiro atoms. The highest BCUT2D eigenvalue weighted by atomic mass is 15.1. The average Bonchev–Trinajstić information content (AvgIpc) is 2.86. The Morgan fingerprint density at radius 2 is 1.19 bits per heavy atom. The van der Waals surface area contributed by atoms with Gasteiger partial charge in [-0.2, -0.15) is 0 Å². The van der Waals surface area contributed by atoms with Gasteiger partial charge in [-0.15, -0.1) is 0 Å². The molecule has 158 valence electrons. The Morgan fingerprint density at radius 3 is 1.75 bits per heavy atom. The Kier molecular flexibility index (Phi) is 6.94. The fourth-order valence-corrected chi connectivity index (χ4v) is 3.78. The van der Waals surface area contributed by atoms with E-state index in [9.17, 15) is 0 Å². The fraction of sp³-hybridized carbons (Fsp3) is 0.100. The van der Waals surface area contributed by atoms with Crippen LogP contribution in [0.25, 0.3) is 0 Å². The molecule has 2 nitrogen and oxygen atoms in total. The van der Waals surface area contributed by atoms with Crippen LogP contribution in [0.3, 0.4) is 0 Å². The summed E-state index contributed by atoms with van der Waals surface area (Å²) in [6, 6.07) is 40.0. The molecule has 0 saturated carbocycles. The van der Waals surface area contributed by atoms with Gasteiger partial charge >= 0.3 is 0 Å². The minimum absolute atomic E-state index is 0.118. The lowest BCUT2D eigenvalue weighted by Gasteiger charge is -2.18. The predicted molar refractivity (Wildman–Crippen MR) is 137 cm³/mol. The highest BCUT2D eigenvalue weighted by molar-refractivity contribution is 6.13. The molecule has 0 fully saturated rings. The van der Waals surface area contributed by atoms with Crippen LogP contribution in [0.15, 0.2) is 133 Å². The number of benzene rings is 4. The van der Waals surface area contributed by atoms with Gasteiger partial charge in [-0.25, -0.2) is 0 Å². The summed E-state index contributed by atoms with van der Waals surface area (Å²) in [6.07, 6.45) is 4.14. The van der Waals surface area contributed by atoms with E-state index in [1.165, 1.54) is 16.8 Å².